The van der Waals surface area contributed by atoms with Gasteiger partial charge in [-0.15, -0.1) is 0 Å². The number of aryl methyl sites for hydroxylation is 1. The molecule has 1 heterocycles. The summed E-state index contributed by atoms with van der Waals surface area (Å²) in [5, 5.41) is 2.92. The molecule has 1 saturated heterocycles. The van der Waals surface area contributed by atoms with Gasteiger partial charge in [0.2, 0.25) is 5.91 Å². The van der Waals surface area contributed by atoms with Crippen LogP contribution in [0.3, 0.4) is 0 Å². The van der Waals surface area contributed by atoms with Gasteiger partial charge in [0, 0.05) is 24.3 Å². The number of carbonyl (C=O) groups excluding carboxylic acids is 2. The first-order valence-corrected chi connectivity index (χ1v) is 9.70. The highest BCUT2D eigenvalue weighted by atomic mass is 16.5. The fourth-order valence-corrected chi connectivity index (χ4v) is 3.17. The van der Waals surface area contributed by atoms with Crippen molar-refractivity contribution in [3.8, 4) is 0 Å². The molecule has 0 aliphatic carbocycles. The van der Waals surface area contributed by atoms with Crippen LogP contribution in [0, 0.1) is 0 Å². The number of amides is 2. The summed E-state index contributed by atoms with van der Waals surface area (Å²) in [4.78, 5) is 25.8. The van der Waals surface area contributed by atoms with Gasteiger partial charge in [-0.25, -0.2) is 0 Å². The lowest BCUT2D eigenvalue weighted by atomic mass is 9.86. The summed E-state index contributed by atoms with van der Waals surface area (Å²) < 4.78 is 5.15. The Kier molecular flexibility index (Phi) is 6.15. The van der Waals surface area contributed by atoms with Gasteiger partial charge in [-0.3, -0.25) is 9.59 Å². The van der Waals surface area contributed by atoms with Crippen LogP contribution in [0.5, 0.6) is 0 Å². The summed E-state index contributed by atoms with van der Waals surface area (Å²) in [5.74, 6) is -0.0596. The van der Waals surface area contributed by atoms with Crippen LogP contribution < -0.4 is 10.2 Å². The Labute approximate surface area is 166 Å². The van der Waals surface area contributed by atoms with Gasteiger partial charge in [0.25, 0.3) is 5.91 Å². The Morgan fingerprint density at radius 1 is 1.07 bits per heavy atom. The molecule has 0 saturated carbocycles. The Morgan fingerprint density at radius 2 is 1.75 bits per heavy atom. The first kappa shape index (κ1) is 20.1. The number of anilines is 2. The standard InChI is InChI=1S/C23H28N2O3/c1-23(2,3)18-7-4-17(5-8-18)6-13-21(26)24-19-9-11-20(12-10-19)25-14-15-28-16-22(25)27/h4-5,7-12H,6,13-16H2,1-3H3,(H,24,26). The molecular formula is C23H28N2O3. The molecule has 5 heteroatoms. The third kappa shape index (κ3) is 5.20. The van der Waals surface area contributed by atoms with Crippen LogP contribution in [-0.2, 0) is 26.2 Å². The van der Waals surface area contributed by atoms with E-state index in [2.05, 4.69) is 50.4 Å². The van der Waals surface area contributed by atoms with Gasteiger partial charge in [-0.2, -0.15) is 0 Å². The monoisotopic (exact) mass is 380 g/mol. The van der Waals surface area contributed by atoms with E-state index in [1.54, 1.807) is 4.90 Å². The first-order valence-electron chi connectivity index (χ1n) is 9.70. The maximum Gasteiger partial charge on any atom is 0.253 e. The summed E-state index contributed by atoms with van der Waals surface area (Å²) >= 11 is 0. The lowest BCUT2D eigenvalue weighted by Gasteiger charge is -2.26. The second-order valence-electron chi connectivity index (χ2n) is 8.14. The molecule has 1 fully saturated rings. The SMILES string of the molecule is CC(C)(C)c1ccc(CCC(=O)Nc2ccc(N3CCOCC3=O)cc2)cc1. The van der Waals surface area contributed by atoms with E-state index in [0.29, 0.717) is 26.0 Å². The quantitative estimate of drug-likeness (QED) is 0.855. The molecule has 2 aromatic carbocycles. The van der Waals surface area contributed by atoms with Crippen LogP contribution in [0.2, 0.25) is 0 Å². The van der Waals surface area contributed by atoms with Crippen molar-refractivity contribution in [1.82, 2.24) is 0 Å². The van der Waals surface area contributed by atoms with Crippen LogP contribution in [0.1, 0.15) is 38.3 Å². The van der Waals surface area contributed by atoms with E-state index in [1.807, 2.05) is 24.3 Å². The van der Waals surface area contributed by atoms with Crippen LogP contribution in [-0.4, -0.2) is 31.6 Å². The van der Waals surface area contributed by atoms with E-state index in [0.717, 1.165) is 16.9 Å². The van der Waals surface area contributed by atoms with Crippen LogP contribution >= 0.6 is 0 Å². The fraction of sp³-hybridized carbons (Fsp3) is 0.391. The molecule has 3 rings (SSSR count). The predicted molar refractivity (Wildman–Crippen MR) is 112 cm³/mol. The number of benzene rings is 2. The van der Waals surface area contributed by atoms with Gasteiger partial charge in [0.05, 0.1) is 6.61 Å². The zero-order chi connectivity index (χ0) is 20.1. The molecule has 1 N–H and O–H groups in total. The number of hydrogen-bond donors (Lipinski definition) is 1. The number of rotatable bonds is 5. The first-order chi connectivity index (χ1) is 13.3. The zero-order valence-electron chi connectivity index (χ0n) is 16.8. The van der Waals surface area contributed by atoms with Crippen molar-refractivity contribution in [2.24, 2.45) is 0 Å². The largest absolute Gasteiger partial charge is 0.370 e. The highest BCUT2D eigenvalue weighted by Gasteiger charge is 2.20. The molecule has 2 aromatic rings. The number of ether oxygens (including phenoxy) is 1. The van der Waals surface area contributed by atoms with E-state index in [9.17, 15) is 9.59 Å². The number of nitrogens with zero attached hydrogens (tertiary/aromatic N) is 1. The molecule has 5 nitrogen and oxygen atoms in total. The normalized spacial score (nSPS) is 14.8. The number of carbonyl (C=O) groups is 2. The van der Waals surface area contributed by atoms with Crippen molar-refractivity contribution in [2.75, 3.05) is 30.0 Å². The molecule has 1 aliphatic heterocycles. The Bertz CT molecular complexity index is 820. The number of nitrogens with one attached hydrogen (secondary N) is 1. The summed E-state index contributed by atoms with van der Waals surface area (Å²) in [6.07, 6.45) is 1.13. The van der Waals surface area contributed by atoms with Crippen LogP contribution in [0.15, 0.2) is 48.5 Å². The van der Waals surface area contributed by atoms with Gasteiger partial charge in [-0.1, -0.05) is 45.0 Å². The van der Waals surface area contributed by atoms with E-state index in [-0.39, 0.29) is 23.8 Å². The lowest BCUT2D eigenvalue weighted by molar-refractivity contribution is -0.125. The van der Waals surface area contributed by atoms with Gasteiger partial charge < -0.3 is 15.0 Å². The molecule has 0 bridgehead atoms. The highest BCUT2D eigenvalue weighted by molar-refractivity contribution is 5.95. The molecule has 2 amide bonds. The molecule has 0 unspecified atom stereocenters. The zero-order valence-corrected chi connectivity index (χ0v) is 16.8. The third-order valence-corrected chi connectivity index (χ3v) is 4.91. The summed E-state index contributed by atoms with van der Waals surface area (Å²) in [7, 11) is 0. The lowest BCUT2D eigenvalue weighted by Crippen LogP contribution is -2.41. The van der Waals surface area contributed by atoms with Gasteiger partial charge in [0.15, 0.2) is 0 Å². The van der Waals surface area contributed by atoms with Crippen molar-refractivity contribution >= 4 is 23.2 Å². The second-order valence-corrected chi connectivity index (χ2v) is 8.14. The van der Waals surface area contributed by atoms with Crippen molar-refractivity contribution in [2.45, 2.75) is 39.0 Å². The van der Waals surface area contributed by atoms with E-state index >= 15 is 0 Å². The highest BCUT2D eigenvalue weighted by Crippen LogP contribution is 2.23. The maximum absolute atomic E-state index is 12.3. The average molecular weight is 380 g/mol. The van der Waals surface area contributed by atoms with E-state index in [4.69, 9.17) is 4.74 Å². The van der Waals surface area contributed by atoms with Crippen molar-refractivity contribution in [1.29, 1.82) is 0 Å². The minimum atomic E-state index is -0.0412. The fourth-order valence-electron chi connectivity index (χ4n) is 3.17. The smallest absolute Gasteiger partial charge is 0.253 e. The molecule has 0 spiro atoms. The Morgan fingerprint density at radius 3 is 2.36 bits per heavy atom. The van der Waals surface area contributed by atoms with Crippen molar-refractivity contribution in [3.63, 3.8) is 0 Å². The van der Waals surface area contributed by atoms with Gasteiger partial charge >= 0.3 is 0 Å². The maximum atomic E-state index is 12.3. The molecule has 0 aromatic heterocycles. The summed E-state index contributed by atoms with van der Waals surface area (Å²) in [6.45, 7) is 7.79. The van der Waals surface area contributed by atoms with Gasteiger partial charge in [0.1, 0.15) is 6.61 Å². The predicted octanol–water partition coefficient (Wildman–Crippen LogP) is 3.92. The molecule has 148 valence electrons. The van der Waals surface area contributed by atoms with E-state index in [1.165, 1.54) is 5.56 Å². The third-order valence-electron chi connectivity index (χ3n) is 4.91. The summed E-state index contributed by atoms with van der Waals surface area (Å²) in [6, 6.07) is 15.8. The topological polar surface area (TPSA) is 58.6 Å². The molecular weight excluding hydrogens is 352 g/mol. The minimum Gasteiger partial charge on any atom is -0.370 e. The number of hydrogen-bond acceptors (Lipinski definition) is 3. The molecule has 0 atom stereocenters. The second kappa shape index (κ2) is 8.57. The Balaban J connectivity index is 1.51. The average Bonchev–Trinajstić information content (AvgIpc) is 2.67. The van der Waals surface area contributed by atoms with Crippen molar-refractivity contribution in [3.05, 3.63) is 59.7 Å². The Hall–Kier alpha value is -2.66. The van der Waals surface area contributed by atoms with Gasteiger partial charge in [-0.05, 0) is 47.2 Å². The van der Waals surface area contributed by atoms with Crippen LogP contribution in [0.4, 0.5) is 11.4 Å². The van der Waals surface area contributed by atoms with Crippen LogP contribution in [0.25, 0.3) is 0 Å². The van der Waals surface area contributed by atoms with E-state index < -0.39 is 0 Å². The molecule has 0 radical (unpaired) electrons. The van der Waals surface area contributed by atoms with Crippen molar-refractivity contribution < 1.29 is 14.3 Å². The molecule has 1 aliphatic rings. The molecule has 28 heavy (non-hydrogen) atoms. The summed E-state index contributed by atoms with van der Waals surface area (Å²) in [5.41, 5.74) is 4.14. The number of morpholine rings is 1. The minimum absolute atomic E-state index is 0.0184.